The number of halogens is 1. The standard InChI is InChI=1S/C18H19FN2O4/c1-21(2)18(23)12-9-15(24-3)16(25-4)10-14(12)20-17(22)11-7-5-6-8-13(11)19/h5-10H,1-4H3,(H,20,22). The number of anilines is 1. The van der Waals surface area contributed by atoms with E-state index in [9.17, 15) is 14.0 Å². The average molecular weight is 346 g/mol. The summed E-state index contributed by atoms with van der Waals surface area (Å²) in [5, 5.41) is 2.57. The van der Waals surface area contributed by atoms with E-state index in [1.54, 1.807) is 20.2 Å². The van der Waals surface area contributed by atoms with Crippen molar-refractivity contribution in [2.24, 2.45) is 0 Å². The van der Waals surface area contributed by atoms with Gasteiger partial charge < -0.3 is 19.7 Å². The molecule has 0 aliphatic rings. The van der Waals surface area contributed by atoms with Crippen LogP contribution in [0.5, 0.6) is 11.5 Å². The Labute approximate surface area is 145 Å². The van der Waals surface area contributed by atoms with Crippen LogP contribution in [0.4, 0.5) is 10.1 Å². The number of carbonyl (C=O) groups excluding carboxylic acids is 2. The Kier molecular flexibility index (Phi) is 5.59. The fourth-order valence-electron chi connectivity index (χ4n) is 2.24. The quantitative estimate of drug-likeness (QED) is 0.904. The highest BCUT2D eigenvalue weighted by atomic mass is 19.1. The molecule has 0 aromatic heterocycles. The lowest BCUT2D eigenvalue weighted by Crippen LogP contribution is -2.24. The first-order valence-corrected chi connectivity index (χ1v) is 7.42. The van der Waals surface area contributed by atoms with Crippen LogP contribution in [0.3, 0.4) is 0 Å². The van der Waals surface area contributed by atoms with E-state index in [-0.39, 0.29) is 22.7 Å². The van der Waals surface area contributed by atoms with Crippen LogP contribution in [0.2, 0.25) is 0 Å². The highest BCUT2D eigenvalue weighted by Crippen LogP contribution is 2.34. The second-order valence-corrected chi connectivity index (χ2v) is 5.39. The van der Waals surface area contributed by atoms with Crippen molar-refractivity contribution in [1.29, 1.82) is 0 Å². The van der Waals surface area contributed by atoms with Gasteiger partial charge in [0, 0.05) is 20.2 Å². The van der Waals surface area contributed by atoms with E-state index in [2.05, 4.69) is 5.32 Å². The van der Waals surface area contributed by atoms with Gasteiger partial charge in [0.2, 0.25) is 0 Å². The molecule has 0 bridgehead atoms. The zero-order chi connectivity index (χ0) is 18.6. The summed E-state index contributed by atoms with van der Waals surface area (Å²) in [5.41, 5.74) is 0.275. The molecule has 2 aromatic carbocycles. The summed E-state index contributed by atoms with van der Waals surface area (Å²) in [5.74, 6) is -0.984. The molecule has 1 N–H and O–H groups in total. The Hall–Kier alpha value is -3.09. The van der Waals surface area contributed by atoms with E-state index in [0.717, 1.165) is 0 Å². The molecule has 0 aliphatic carbocycles. The minimum absolute atomic E-state index is 0.125. The van der Waals surface area contributed by atoms with Crippen LogP contribution >= 0.6 is 0 Å². The molecule has 2 aromatic rings. The maximum atomic E-state index is 13.8. The third-order valence-electron chi connectivity index (χ3n) is 3.53. The van der Waals surface area contributed by atoms with E-state index in [1.165, 1.54) is 49.5 Å². The zero-order valence-electron chi connectivity index (χ0n) is 14.4. The minimum Gasteiger partial charge on any atom is -0.493 e. The van der Waals surface area contributed by atoms with Crippen LogP contribution in [0, 0.1) is 5.82 Å². The van der Waals surface area contributed by atoms with Gasteiger partial charge in [-0.25, -0.2) is 4.39 Å². The predicted octanol–water partition coefficient (Wildman–Crippen LogP) is 2.80. The third-order valence-corrected chi connectivity index (χ3v) is 3.53. The van der Waals surface area contributed by atoms with E-state index in [1.807, 2.05) is 0 Å². The first kappa shape index (κ1) is 18.3. The van der Waals surface area contributed by atoms with Gasteiger partial charge in [-0.3, -0.25) is 9.59 Å². The number of benzene rings is 2. The molecule has 0 spiro atoms. The molecule has 0 fully saturated rings. The van der Waals surface area contributed by atoms with Crippen LogP contribution in [-0.4, -0.2) is 45.0 Å². The molecule has 0 radical (unpaired) electrons. The molecule has 0 saturated heterocycles. The van der Waals surface area contributed by atoms with Crippen molar-refractivity contribution >= 4 is 17.5 Å². The maximum absolute atomic E-state index is 13.8. The number of nitrogens with one attached hydrogen (secondary N) is 1. The number of hydrogen-bond donors (Lipinski definition) is 1. The summed E-state index contributed by atoms with van der Waals surface area (Å²) in [6.07, 6.45) is 0. The zero-order valence-corrected chi connectivity index (χ0v) is 14.4. The van der Waals surface area contributed by atoms with E-state index >= 15 is 0 Å². The Bertz CT molecular complexity index is 806. The summed E-state index contributed by atoms with van der Waals surface area (Å²) < 4.78 is 24.2. The first-order valence-electron chi connectivity index (χ1n) is 7.42. The van der Waals surface area contributed by atoms with Crippen molar-refractivity contribution in [1.82, 2.24) is 4.90 Å². The Morgan fingerprint density at radius 3 is 2.16 bits per heavy atom. The van der Waals surface area contributed by atoms with Gasteiger partial charge in [-0.1, -0.05) is 12.1 Å². The topological polar surface area (TPSA) is 67.9 Å². The molecule has 0 saturated carbocycles. The largest absolute Gasteiger partial charge is 0.493 e. The number of amides is 2. The van der Waals surface area contributed by atoms with Crippen LogP contribution in [-0.2, 0) is 0 Å². The number of hydrogen-bond acceptors (Lipinski definition) is 4. The van der Waals surface area contributed by atoms with Crippen LogP contribution in [0.25, 0.3) is 0 Å². The van der Waals surface area contributed by atoms with E-state index in [4.69, 9.17) is 9.47 Å². The normalized spacial score (nSPS) is 10.1. The molecule has 25 heavy (non-hydrogen) atoms. The molecule has 0 aliphatic heterocycles. The monoisotopic (exact) mass is 346 g/mol. The van der Waals surface area contributed by atoms with Crippen LogP contribution in [0.1, 0.15) is 20.7 Å². The van der Waals surface area contributed by atoms with E-state index < -0.39 is 11.7 Å². The number of nitrogens with zero attached hydrogens (tertiary/aromatic N) is 1. The summed E-state index contributed by atoms with van der Waals surface area (Å²) in [6.45, 7) is 0. The summed E-state index contributed by atoms with van der Waals surface area (Å²) >= 11 is 0. The molecular formula is C18H19FN2O4. The smallest absolute Gasteiger partial charge is 0.258 e. The van der Waals surface area contributed by atoms with Gasteiger partial charge in [0.15, 0.2) is 11.5 Å². The molecule has 132 valence electrons. The molecule has 2 amide bonds. The van der Waals surface area contributed by atoms with Gasteiger partial charge in [0.1, 0.15) is 5.82 Å². The molecule has 7 heteroatoms. The van der Waals surface area contributed by atoms with Crippen molar-refractivity contribution in [3.63, 3.8) is 0 Å². The lowest BCUT2D eigenvalue weighted by molar-refractivity contribution is 0.0828. The summed E-state index contributed by atoms with van der Waals surface area (Å²) in [6, 6.07) is 8.53. The highest BCUT2D eigenvalue weighted by molar-refractivity contribution is 6.09. The summed E-state index contributed by atoms with van der Waals surface area (Å²) in [4.78, 5) is 26.2. The molecular weight excluding hydrogens is 327 g/mol. The SMILES string of the molecule is COc1cc(NC(=O)c2ccccc2F)c(C(=O)N(C)C)cc1OC. The van der Waals surface area contributed by atoms with Crippen LogP contribution in [0.15, 0.2) is 36.4 Å². The van der Waals surface area contributed by atoms with Crippen LogP contribution < -0.4 is 14.8 Å². The van der Waals surface area contributed by atoms with Gasteiger partial charge in [-0.2, -0.15) is 0 Å². The highest BCUT2D eigenvalue weighted by Gasteiger charge is 2.21. The van der Waals surface area contributed by atoms with Gasteiger partial charge in [-0.05, 0) is 18.2 Å². The average Bonchev–Trinajstić information content (AvgIpc) is 2.60. The van der Waals surface area contributed by atoms with E-state index in [0.29, 0.717) is 11.5 Å². The number of carbonyl (C=O) groups is 2. The molecule has 0 atom stereocenters. The number of ether oxygens (including phenoxy) is 2. The molecule has 0 heterocycles. The van der Waals surface area contributed by atoms with Crippen molar-refractivity contribution in [3.8, 4) is 11.5 Å². The second-order valence-electron chi connectivity index (χ2n) is 5.39. The third kappa shape index (κ3) is 3.88. The maximum Gasteiger partial charge on any atom is 0.258 e. The first-order chi connectivity index (χ1) is 11.9. The number of methoxy groups -OCH3 is 2. The van der Waals surface area contributed by atoms with Crippen molar-refractivity contribution in [2.45, 2.75) is 0 Å². The Balaban J connectivity index is 2.49. The fourth-order valence-corrected chi connectivity index (χ4v) is 2.24. The molecule has 2 rings (SSSR count). The van der Waals surface area contributed by atoms with Crippen molar-refractivity contribution in [3.05, 3.63) is 53.3 Å². The number of rotatable bonds is 5. The molecule has 6 nitrogen and oxygen atoms in total. The Morgan fingerprint density at radius 2 is 1.60 bits per heavy atom. The minimum atomic E-state index is -0.668. The van der Waals surface area contributed by atoms with Gasteiger partial charge >= 0.3 is 0 Å². The summed E-state index contributed by atoms with van der Waals surface area (Å²) in [7, 11) is 6.05. The van der Waals surface area contributed by atoms with Gasteiger partial charge in [0.25, 0.3) is 11.8 Å². The van der Waals surface area contributed by atoms with Crippen molar-refractivity contribution in [2.75, 3.05) is 33.6 Å². The van der Waals surface area contributed by atoms with Gasteiger partial charge in [0.05, 0.1) is 31.0 Å². The fraction of sp³-hybridized carbons (Fsp3) is 0.222. The second kappa shape index (κ2) is 7.65. The Morgan fingerprint density at radius 1 is 1.00 bits per heavy atom. The van der Waals surface area contributed by atoms with Crippen molar-refractivity contribution < 1.29 is 23.5 Å². The predicted molar refractivity (Wildman–Crippen MR) is 91.9 cm³/mol. The lowest BCUT2D eigenvalue weighted by atomic mass is 10.1. The molecule has 0 unspecified atom stereocenters. The van der Waals surface area contributed by atoms with Gasteiger partial charge in [-0.15, -0.1) is 0 Å². The lowest BCUT2D eigenvalue weighted by Gasteiger charge is -2.18.